The van der Waals surface area contributed by atoms with E-state index >= 15 is 0 Å². The van der Waals surface area contributed by atoms with Crippen molar-refractivity contribution in [2.24, 2.45) is 0 Å². The van der Waals surface area contributed by atoms with Crippen LogP contribution in [0, 0.1) is 6.92 Å². The number of hydrogen-bond donors (Lipinski definition) is 2. The van der Waals surface area contributed by atoms with Gasteiger partial charge in [0.2, 0.25) is 5.91 Å². The molecule has 1 unspecified atom stereocenters. The number of hydrogen-bond acceptors (Lipinski definition) is 6. The molecule has 0 fully saturated rings. The topological polar surface area (TPSA) is 113 Å². The number of carbonyl (C=O) groups is 1. The van der Waals surface area contributed by atoms with E-state index in [1.54, 1.807) is 30.4 Å². The minimum absolute atomic E-state index is 0.117. The Morgan fingerprint density at radius 2 is 2.06 bits per heavy atom. The summed E-state index contributed by atoms with van der Waals surface area (Å²) in [6, 6.07) is 10.9. The number of rotatable bonds is 4. The zero-order valence-corrected chi connectivity index (χ0v) is 17.8. The van der Waals surface area contributed by atoms with Crippen molar-refractivity contribution in [2.75, 3.05) is 18.2 Å². The Morgan fingerprint density at radius 1 is 1.19 bits per heavy atom. The van der Waals surface area contributed by atoms with E-state index < -0.39 is 6.04 Å². The minimum Gasteiger partial charge on any atom is -0.495 e. The molecule has 0 radical (unpaired) electrons. The molecular weight excluding hydrogens is 406 g/mol. The van der Waals surface area contributed by atoms with Gasteiger partial charge in [0.05, 0.1) is 31.0 Å². The molecule has 3 heterocycles. The molecule has 0 spiro atoms. The van der Waals surface area contributed by atoms with Gasteiger partial charge in [-0.1, -0.05) is 11.3 Å². The molecule has 0 aliphatic carbocycles. The zero-order chi connectivity index (χ0) is 22.2. The quantitative estimate of drug-likeness (QED) is 0.482. The maximum Gasteiger partial charge on any atom is 0.249 e. The van der Waals surface area contributed by atoms with Gasteiger partial charge in [-0.15, -0.1) is 5.10 Å². The van der Waals surface area contributed by atoms with Crippen LogP contribution in [0.25, 0.3) is 16.9 Å². The van der Waals surface area contributed by atoms with E-state index in [4.69, 9.17) is 10.5 Å². The molecule has 1 atom stereocenters. The highest BCUT2D eigenvalue weighted by atomic mass is 16.5. The van der Waals surface area contributed by atoms with E-state index in [1.165, 1.54) is 0 Å². The second-order valence-electron chi connectivity index (χ2n) is 7.85. The molecule has 3 N–H and O–H groups in total. The van der Waals surface area contributed by atoms with Gasteiger partial charge in [0, 0.05) is 23.1 Å². The number of ether oxygens (including phenoxy) is 1. The van der Waals surface area contributed by atoms with E-state index in [0.29, 0.717) is 30.0 Å². The van der Waals surface area contributed by atoms with Gasteiger partial charge in [-0.25, -0.2) is 9.67 Å². The fourth-order valence-corrected chi connectivity index (χ4v) is 4.00. The van der Waals surface area contributed by atoms with Gasteiger partial charge < -0.3 is 20.4 Å². The number of aryl methyl sites for hydroxylation is 2. The number of nitrogen functional groups attached to an aromatic ring is 1. The van der Waals surface area contributed by atoms with Crippen LogP contribution in [0.15, 0.2) is 55.1 Å². The van der Waals surface area contributed by atoms with E-state index in [0.717, 1.165) is 28.2 Å². The van der Waals surface area contributed by atoms with Crippen LogP contribution >= 0.6 is 0 Å². The lowest BCUT2D eigenvalue weighted by Crippen LogP contribution is -2.25. The molecule has 1 amide bonds. The highest BCUT2D eigenvalue weighted by molar-refractivity contribution is 5.95. The summed E-state index contributed by atoms with van der Waals surface area (Å²) in [5.74, 6) is 0.572. The number of nitrogens with two attached hydrogens (primary N) is 1. The molecule has 0 saturated heterocycles. The molecule has 32 heavy (non-hydrogen) atoms. The van der Waals surface area contributed by atoms with Gasteiger partial charge in [-0.05, 0) is 55.7 Å². The molecular formula is C23H23N7O2. The van der Waals surface area contributed by atoms with Gasteiger partial charge in [0.25, 0.3) is 0 Å². The van der Waals surface area contributed by atoms with E-state index in [9.17, 15) is 4.79 Å². The van der Waals surface area contributed by atoms with Crippen molar-refractivity contribution in [3.05, 3.63) is 66.4 Å². The molecule has 2 aromatic carbocycles. The number of benzene rings is 2. The van der Waals surface area contributed by atoms with Crippen molar-refractivity contribution in [3.8, 4) is 22.7 Å². The Bertz CT molecular complexity index is 1310. The maximum absolute atomic E-state index is 12.9. The molecule has 9 heteroatoms. The van der Waals surface area contributed by atoms with Gasteiger partial charge in [-0.2, -0.15) is 0 Å². The zero-order valence-electron chi connectivity index (χ0n) is 17.8. The Morgan fingerprint density at radius 3 is 2.84 bits per heavy atom. The van der Waals surface area contributed by atoms with Gasteiger partial charge in [0.1, 0.15) is 17.5 Å². The second-order valence-corrected chi connectivity index (χ2v) is 7.85. The number of nitrogens with one attached hydrogen (secondary N) is 1. The van der Waals surface area contributed by atoms with Crippen LogP contribution in [0.5, 0.6) is 5.75 Å². The molecule has 4 aromatic rings. The largest absolute Gasteiger partial charge is 0.495 e. The second kappa shape index (κ2) is 7.84. The standard InChI is InChI=1S/C23H23N7O2/c1-14-11-29(13-25-14)20-7-3-16(10-22(20)32-2)19-12-30(28-27-19)21-8-4-15-9-17(24)5-6-18(15)26-23(21)31/h3,5-7,9-13,21H,4,8,24H2,1-2H3,(H,26,31). The Kier molecular flexibility index (Phi) is 4.85. The van der Waals surface area contributed by atoms with Gasteiger partial charge in [-0.3, -0.25) is 4.79 Å². The van der Waals surface area contributed by atoms with E-state index in [1.807, 2.05) is 48.0 Å². The number of methoxy groups -OCH3 is 1. The van der Waals surface area contributed by atoms with Crippen LogP contribution in [0.2, 0.25) is 0 Å². The Hall–Kier alpha value is -4.14. The third kappa shape index (κ3) is 3.58. The van der Waals surface area contributed by atoms with E-state index in [2.05, 4.69) is 20.6 Å². The third-order valence-electron chi connectivity index (χ3n) is 5.67. The number of fused-ring (bicyclic) bond motifs is 1. The van der Waals surface area contributed by atoms with Crippen LogP contribution in [-0.4, -0.2) is 37.6 Å². The van der Waals surface area contributed by atoms with Crippen molar-refractivity contribution in [2.45, 2.75) is 25.8 Å². The van der Waals surface area contributed by atoms with Crippen LogP contribution in [0.1, 0.15) is 23.7 Å². The monoisotopic (exact) mass is 429 g/mol. The summed E-state index contributed by atoms with van der Waals surface area (Å²) < 4.78 is 9.13. The Labute approximate surface area is 184 Å². The first-order chi connectivity index (χ1) is 15.5. The molecule has 2 aromatic heterocycles. The van der Waals surface area contributed by atoms with Gasteiger partial charge >= 0.3 is 0 Å². The number of aromatic nitrogens is 5. The fraction of sp³-hybridized carbons (Fsp3) is 0.217. The maximum atomic E-state index is 12.9. The van der Waals surface area contributed by atoms with Crippen molar-refractivity contribution in [1.29, 1.82) is 0 Å². The summed E-state index contributed by atoms with van der Waals surface area (Å²) in [5.41, 5.74) is 11.7. The average molecular weight is 429 g/mol. The summed E-state index contributed by atoms with van der Waals surface area (Å²) in [5, 5.41) is 11.5. The van der Waals surface area contributed by atoms with Crippen LogP contribution < -0.4 is 15.8 Å². The predicted molar refractivity (Wildman–Crippen MR) is 121 cm³/mol. The van der Waals surface area contributed by atoms with Crippen molar-refractivity contribution < 1.29 is 9.53 Å². The van der Waals surface area contributed by atoms with Crippen molar-refractivity contribution in [1.82, 2.24) is 24.5 Å². The number of anilines is 2. The van der Waals surface area contributed by atoms with Crippen LogP contribution in [0.4, 0.5) is 11.4 Å². The number of amides is 1. The minimum atomic E-state index is -0.458. The summed E-state index contributed by atoms with van der Waals surface area (Å²) in [7, 11) is 1.63. The SMILES string of the molecule is COc1cc(-c2cn(C3CCc4cc(N)ccc4NC3=O)nn2)ccc1-n1cnc(C)c1. The average Bonchev–Trinajstić information content (AvgIpc) is 3.41. The molecule has 5 rings (SSSR count). The molecule has 0 bridgehead atoms. The highest BCUT2D eigenvalue weighted by Gasteiger charge is 2.26. The van der Waals surface area contributed by atoms with Gasteiger partial charge in [0.15, 0.2) is 0 Å². The van der Waals surface area contributed by atoms with Crippen LogP contribution in [0.3, 0.4) is 0 Å². The smallest absolute Gasteiger partial charge is 0.249 e. The summed E-state index contributed by atoms with van der Waals surface area (Å²) in [6.45, 7) is 1.94. The summed E-state index contributed by atoms with van der Waals surface area (Å²) in [4.78, 5) is 17.1. The number of imidazole rings is 1. The predicted octanol–water partition coefficient (Wildman–Crippen LogP) is 3.16. The van der Waals surface area contributed by atoms with E-state index in [-0.39, 0.29) is 5.91 Å². The number of carbonyl (C=O) groups excluding carboxylic acids is 1. The lowest BCUT2D eigenvalue weighted by molar-refractivity contribution is -0.119. The lowest BCUT2D eigenvalue weighted by Gasteiger charge is -2.12. The summed E-state index contributed by atoms with van der Waals surface area (Å²) in [6.07, 6.45) is 6.80. The third-order valence-corrected chi connectivity index (χ3v) is 5.67. The molecule has 1 aliphatic rings. The Balaban J connectivity index is 1.42. The fourth-order valence-electron chi connectivity index (χ4n) is 4.00. The molecule has 162 valence electrons. The molecule has 9 nitrogen and oxygen atoms in total. The first-order valence-corrected chi connectivity index (χ1v) is 10.3. The first-order valence-electron chi connectivity index (χ1n) is 10.3. The summed E-state index contributed by atoms with van der Waals surface area (Å²) >= 11 is 0. The molecule has 1 aliphatic heterocycles. The van der Waals surface area contributed by atoms with Crippen molar-refractivity contribution in [3.63, 3.8) is 0 Å². The first kappa shape index (κ1) is 19.8. The highest BCUT2D eigenvalue weighted by Crippen LogP contribution is 2.31. The van der Waals surface area contributed by atoms with Crippen LogP contribution in [-0.2, 0) is 11.2 Å². The molecule has 0 saturated carbocycles. The normalized spacial score (nSPS) is 15.7. The van der Waals surface area contributed by atoms with Crippen molar-refractivity contribution >= 4 is 17.3 Å². The lowest BCUT2D eigenvalue weighted by atomic mass is 10.1. The number of nitrogens with zero attached hydrogens (tertiary/aromatic N) is 5.